The number of carbonyl (C=O) groups excluding carboxylic acids is 1. The van der Waals surface area contributed by atoms with E-state index in [-0.39, 0.29) is 6.61 Å². The van der Waals surface area contributed by atoms with Crippen molar-refractivity contribution in [2.24, 2.45) is 5.10 Å². The molecular formula is C16H11Cl2N3O2. The van der Waals surface area contributed by atoms with Crippen LogP contribution in [-0.2, 0) is 4.79 Å². The average Bonchev–Trinajstić information content (AvgIpc) is 2.56. The van der Waals surface area contributed by atoms with Crippen LogP contribution in [0.3, 0.4) is 0 Å². The molecule has 0 aromatic heterocycles. The van der Waals surface area contributed by atoms with Gasteiger partial charge in [-0.05, 0) is 29.8 Å². The molecule has 5 nitrogen and oxygen atoms in total. The molecule has 0 aliphatic rings. The van der Waals surface area contributed by atoms with E-state index < -0.39 is 5.91 Å². The summed E-state index contributed by atoms with van der Waals surface area (Å²) in [5, 5.41) is 13.6. The Morgan fingerprint density at radius 2 is 2.04 bits per heavy atom. The highest BCUT2D eigenvalue weighted by Crippen LogP contribution is 2.21. The van der Waals surface area contributed by atoms with Crippen molar-refractivity contribution in [2.45, 2.75) is 0 Å². The minimum Gasteiger partial charge on any atom is -0.482 e. The maximum atomic E-state index is 11.6. The van der Waals surface area contributed by atoms with E-state index in [0.717, 1.165) is 0 Å². The SMILES string of the molecule is N#Cc1ccccc1OCC(=O)N/N=C/c1ccc(Cl)c(Cl)c1. The molecule has 0 aliphatic carbocycles. The van der Waals surface area contributed by atoms with Gasteiger partial charge in [0.1, 0.15) is 11.8 Å². The second kappa shape index (κ2) is 8.18. The maximum Gasteiger partial charge on any atom is 0.277 e. The first-order valence-electron chi connectivity index (χ1n) is 6.49. The highest BCUT2D eigenvalue weighted by Gasteiger charge is 2.05. The molecule has 7 heteroatoms. The van der Waals surface area contributed by atoms with Crippen LogP contribution in [0, 0.1) is 11.3 Å². The Morgan fingerprint density at radius 1 is 1.26 bits per heavy atom. The number of para-hydroxylation sites is 1. The van der Waals surface area contributed by atoms with Crippen molar-refractivity contribution in [1.29, 1.82) is 5.26 Å². The zero-order chi connectivity index (χ0) is 16.7. The Hall–Kier alpha value is -2.55. The maximum absolute atomic E-state index is 11.6. The summed E-state index contributed by atoms with van der Waals surface area (Å²) in [6.07, 6.45) is 1.43. The van der Waals surface area contributed by atoms with E-state index in [4.69, 9.17) is 33.2 Å². The molecule has 0 aliphatic heterocycles. The lowest BCUT2D eigenvalue weighted by Gasteiger charge is -2.06. The fourth-order valence-electron chi connectivity index (χ4n) is 1.63. The number of carbonyl (C=O) groups is 1. The number of hydrogen-bond donors (Lipinski definition) is 1. The van der Waals surface area contributed by atoms with Crippen LogP contribution < -0.4 is 10.2 Å². The lowest BCUT2D eigenvalue weighted by Crippen LogP contribution is -2.24. The van der Waals surface area contributed by atoms with E-state index in [1.54, 1.807) is 42.5 Å². The van der Waals surface area contributed by atoms with E-state index in [1.165, 1.54) is 6.21 Å². The number of nitrogens with one attached hydrogen (secondary N) is 1. The largest absolute Gasteiger partial charge is 0.482 e. The average molecular weight is 348 g/mol. The van der Waals surface area contributed by atoms with Gasteiger partial charge in [-0.1, -0.05) is 41.4 Å². The Balaban J connectivity index is 1.86. The molecule has 0 heterocycles. The number of amides is 1. The Labute approximate surface area is 143 Å². The van der Waals surface area contributed by atoms with Crippen LogP contribution >= 0.6 is 23.2 Å². The monoisotopic (exact) mass is 347 g/mol. The number of ether oxygens (including phenoxy) is 1. The number of nitriles is 1. The first-order valence-corrected chi connectivity index (χ1v) is 7.24. The van der Waals surface area contributed by atoms with Crippen molar-refractivity contribution < 1.29 is 9.53 Å². The van der Waals surface area contributed by atoms with Gasteiger partial charge in [0.25, 0.3) is 5.91 Å². The van der Waals surface area contributed by atoms with Gasteiger partial charge < -0.3 is 4.74 Å². The Morgan fingerprint density at radius 3 is 2.78 bits per heavy atom. The third-order valence-electron chi connectivity index (χ3n) is 2.71. The first-order chi connectivity index (χ1) is 11.1. The summed E-state index contributed by atoms with van der Waals surface area (Å²) in [5.74, 6) is -0.104. The van der Waals surface area contributed by atoms with Crippen molar-refractivity contribution in [2.75, 3.05) is 6.61 Å². The zero-order valence-corrected chi connectivity index (χ0v) is 13.3. The predicted molar refractivity (Wildman–Crippen MR) is 88.9 cm³/mol. The quantitative estimate of drug-likeness (QED) is 0.665. The Bertz CT molecular complexity index is 785. The van der Waals surface area contributed by atoms with Crippen LogP contribution in [0.4, 0.5) is 0 Å². The fourth-order valence-corrected chi connectivity index (χ4v) is 1.94. The van der Waals surface area contributed by atoms with Crippen molar-refractivity contribution in [3.8, 4) is 11.8 Å². The summed E-state index contributed by atoms with van der Waals surface area (Å²) in [7, 11) is 0. The standard InChI is InChI=1S/C16H11Cl2N3O2/c17-13-6-5-11(7-14(13)18)9-20-21-16(22)10-23-15-4-2-1-3-12(15)8-19/h1-7,9H,10H2,(H,21,22)/b20-9+. The molecule has 0 saturated carbocycles. The molecule has 1 amide bonds. The number of hydrazone groups is 1. The van der Waals surface area contributed by atoms with Gasteiger partial charge in [0.15, 0.2) is 6.61 Å². The molecule has 0 spiro atoms. The Kier molecular flexibility index (Phi) is 5.98. The number of nitrogens with zero attached hydrogens (tertiary/aromatic N) is 2. The van der Waals surface area contributed by atoms with Crippen LogP contribution in [0.25, 0.3) is 0 Å². The van der Waals surface area contributed by atoms with Gasteiger partial charge in [0.2, 0.25) is 0 Å². The van der Waals surface area contributed by atoms with Gasteiger partial charge in [-0.3, -0.25) is 4.79 Å². The van der Waals surface area contributed by atoms with E-state index >= 15 is 0 Å². The van der Waals surface area contributed by atoms with Crippen LogP contribution in [-0.4, -0.2) is 18.7 Å². The summed E-state index contributed by atoms with van der Waals surface area (Å²) in [4.78, 5) is 11.6. The van der Waals surface area contributed by atoms with Crippen molar-refractivity contribution in [3.63, 3.8) is 0 Å². The molecule has 0 unspecified atom stereocenters. The molecule has 0 atom stereocenters. The van der Waals surface area contributed by atoms with Crippen LogP contribution in [0.1, 0.15) is 11.1 Å². The van der Waals surface area contributed by atoms with Crippen LogP contribution in [0.5, 0.6) is 5.75 Å². The third-order valence-corrected chi connectivity index (χ3v) is 3.45. The van der Waals surface area contributed by atoms with Crippen LogP contribution in [0.15, 0.2) is 47.6 Å². The molecule has 2 aromatic carbocycles. The molecule has 2 rings (SSSR count). The minimum absolute atomic E-state index is 0.253. The highest BCUT2D eigenvalue weighted by atomic mass is 35.5. The summed E-state index contributed by atoms with van der Waals surface area (Å²) in [6.45, 7) is -0.253. The summed E-state index contributed by atoms with van der Waals surface area (Å²) in [6, 6.07) is 13.6. The second-order valence-electron chi connectivity index (χ2n) is 4.36. The predicted octanol–water partition coefficient (Wildman–Crippen LogP) is 3.39. The lowest BCUT2D eigenvalue weighted by molar-refractivity contribution is -0.123. The van der Waals surface area contributed by atoms with E-state index in [0.29, 0.717) is 26.9 Å². The van der Waals surface area contributed by atoms with E-state index in [9.17, 15) is 4.79 Å². The minimum atomic E-state index is -0.450. The number of benzene rings is 2. The molecular weight excluding hydrogens is 337 g/mol. The summed E-state index contributed by atoms with van der Waals surface area (Å²) >= 11 is 11.7. The van der Waals surface area contributed by atoms with Crippen molar-refractivity contribution >= 4 is 35.3 Å². The zero-order valence-electron chi connectivity index (χ0n) is 11.8. The van der Waals surface area contributed by atoms with Gasteiger partial charge in [-0.2, -0.15) is 10.4 Å². The molecule has 23 heavy (non-hydrogen) atoms. The molecule has 0 radical (unpaired) electrons. The van der Waals surface area contributed by atoms with Gasteiger partial charge >= 0.3 is 0 Å². The molecule has 1 N–H and O–H groups in total. The fraction of sp³-hybridized carbons (Fsp3) is 0.0625. The van der Waals surface area contributed by atoms with Crippen molar-refractivity contribution in [1.82, 2.24) is 5.43 Å². The summed E-state index contributed by atoms with van der Waals surface area (Å²) in [5.41, 5.74) is 3.37. The second-order valence-corrected chi connectivity index (χ2v) is 5.18. The van der Waals surface area contributed by atoms with E-state index in [1.807, 2.05) is 6.07 Å². The van der Waals surface area contributed by atoms with Gasteiger partial charge in [0, 0.05) is 0 Å². The molecule has 0 saturated heterocycles. The van der Waals surface area contributed by atoms with Crippen LogP contribution in [0.2, 0.25) is 10.0 Å². The first kappa shape index (κ1) is 16.8. The topological polar surface area (TPSA) is 74.5 Å². The van der Waals surface area contributed by atoms with Crippen molar-refractivity contribution in [3.05, 3.63) is 63.6 Å². The molecule has 2 aromatic rings. The van der Waals surface area contributed by atoms with E-state index in [2.05, 4.69) is 10.5 Å². The highest BCUT2D eigenvalue weighted by molar-refractivity contribution is 6.42. The van der Waals surface area contributed by atoms with Gasteiger partial charge in [-0.25, -0.2) is 5.43 Å². The third kappa shape index (κ3) is 4.99. The number of halogens is 2. The normalized spacial score (nSPS) is 10.3. The molecule has 0 fully saturated rings. The summed E-state index contributed by atoms with van der Waals surface area (Å²) < 4.78 is 5.28. The van der Waals surface area contributed by atoms with Gasteiger partial charge in [-0.15, -0.1) is 0 Å². The molecule has 0 bridgehead atoms. The number of hydrogen-bond acceptors (Lipinski definition) is 4. The lowest BCUT2D eigenvalue weighted by atomic mass is 10.2. The smallest absolute Gasteiger partial charge is 0.277 e. The van der Waals surface area contributed by atoms with Gasteiger partial charge in [0.05, 0.1) is 21.8 Å². The number of rotatable bonds is 5. The molecule has 116 valence electrons.